The van der Waals surface area contributed by atoms with Gasteiger partial charge in [-0.1, -0.05) is 6.42 Å². The Hall–Kier alpha value is -1.14. The normalized spacial score (nSPS) is 28.4. The highest BCUT2D eigenvalue weighted by molar-refractivity contribution is 5.81. The van der Waals surface area contributed by atoms with Crippen molar-refractivity contribution in [3.05, 3.63) is 0 Å². The molecule has 2 rings (SSSR count). The van der Waals surface area contributed by atoms with Gasteiger partial charge in [-0.15, -0.1) is 0 Å². The minimum atomic E-state index is -0.311. The van der Waals surface area contributed by atoms with Crippen LogP contribution in [0.1, 0.15) is 32.1 Å². The Kier molecular flexibility index (Phi) is 5.37. The summed E-state index contributed by atoms with van der Waals surface area (Å²) in [5.41, 5.74) is 5.34. The topological polar surface area (TPSA) is 86.9 Å². The van der Waals surface area contributed by atoms with E-state index < -0.39 is 0 Å². The largest absolute Gasteiger partial charge is 0.395 e. The third-order valence-electron chi connectivity index (χ3n) is 4.47. The fourth-order valence-electron chi connectivity index (χ4n) is 3.18. The summed E-state index contributed by atoms with van der Waals surface area (Å²) in [6.07, 6.45) is 4.76. The standard InChI is InChI=1S/C14H25N3O3/c15-14(20)11-4-3-7-17(8-11)13(19)9-16-6-2-1-5-12(16)10-18/h11-12,18H,1-10H2,(H2,15,20). The van der Waals surface area contributed by atoms with Crippen LogP contribution in [-0.4, -0.2) is 65.5 Å². The van der Waals surface area contributed by atoms with Gasteiger partial charge in [-0.3, -0.25) is 14.5 Å². The highest BCUT2D eigenvalue weighted by Gasteiger charge is 2.30. The molecule has 0 aromatic rings. The first-order valence-electron chi connectivity index (χ1n) is 7.54. The molecule has 2 fully saturated rings. The number of aliphatic hydroxyl groups excluding tert-OH is 1. The molecule has 20 heavy (non-hydrogen) atoms. The first-order chi connectivity index (χ1) is 9.61. The van der Waals surface area contributed by atoms with E-state index in [0.717, 1.165) is 38.6 Å². The van der Waals surface area contributed by atoms with Gasteiger partial charge in [-0.05, 0) is 32.2 Å². The number of rotatable bonds is 4. The summed E-state index contributed by atoms with van der Waals surface area (Å²) in [5.74, 6) is -0.465. The summed E-state index contributed by atoms with van der Waals surface area (Å²) in [7, 11) is 0. The van der Waals surface area contributed by atoms with Gasteiger partial charge in [0.2, 0.25) is 11.8 Å². The molecule has 6 nitrogen and oxygen atoms in total. The molecule has 2 aliphatic rings. The van der Waals surface area contributed by atoms with Crippen LogP contribution in [0.5, 0.6) is 0 Å². The van der Waals surface area contributed by atoms with Crippen molar-refractivity contribution < 1.29 is 14.7 Å². The van der Waals surface area contributed by atoms with Crippen molar-refractivity contribution >= 4 is 11.8 Å². The number of likely N-dealkylation sites (tertiary alicyclic amines) is 2. The number of carbonyl (C=O) groups excluding carboxylic acids is 2. The summed E-state index contributed by atoms with van der Waals surface area (Å²) in [6, 6.07) is 0.101. The SMILES string of the molecule is NC(=O)C1CCCN(C(=O)CN2CCCCC2CO)C1. The molecule has 2 saturated heterocycles. The van der Waals surface area contributed by atoms with E-state index in [9.17, 15) is 14.7 Å². The number of amides is 2. The van der Waals surface area contributed by atoms with E-state index in [4.69, 9.17) is 5.73 Å². The second-order valence-electron chi connectivity index (χ2n) is 5.88. The van der Waals surface area contributed by atoms with Crippen LogP contribution >= 0.6 is 0 Å². The van der Waals surface area contributed by atoms with Crippen LogP contribution in [0.15, 0.2) is 0 Å². The fourth-order valence-corrected chi connectivity index (χ4v) is 3.18. The van der Waals surface area contributed by atoms with Crippen molar-refractivity contribution in [2.24, 2.45) is 11.7 Å². The monoisotopic (exact) mass is 283 g/mol. The van der Waals surface area contributed by atoms with Crippen LogP contribution in [0.3, 0.4) is 0 Å². The number of hydrogen-bond donors (Lipinski definition) is 2. The van der Waals surface area contributed by atoms with E-state index >= 15 is 0 Å². The van der Waals surface area contributed by atoms with Crippen molar-refractivity contribution in [2.45, 2.75) is 38.1 Å². The molecule has 0 radical (unpaired) electrons. The molecule has 114 valence electrons. The molecule has 0 bridgehead atoms. The zero-order chi connectivity index (χ0) is 14.5. The molecule has 2 amide bonds. The van der Waals surface area contributed by atoms with E-state index in [1.165, 1.54) is 0 Å². The Labute approximate surface area is 119 Å². The summed E-state index contributed by atoms with van der Waals surface area (Å²) < 4.78 is 0. The molecule has 0 aromatic heterocycles. The third-order valence-corrected chi connectivity index (χ3v) is 4.47. The number of aliphatic hydroxyl groups is 1. The van der Waals surface area contributed by atoms with E-state index in [2.05, 4.69) is 4.90 Å². The Balaban J connectivity index is 1.88. The van der Waals surface area contributed by atoms with Gasteiger partial charge in [0.25, 0.3) is 0 Å². The quantitative estimate of drug-likeness (QED) is 0.732. The van der Waals surface area contributed by atoms with Gasteiger partial charge in [-0.2, -0.15) is 0 Å². The van der Waals surface area contributed by atoms with Crippen molar-refractivity contribution in [3.63, 3.8) is 0 Å². The first kappa shape index (κ1) is 15.3. The smallest absolute Gasteiger partial charge is 0.236 e. The number of hydrogen-bond acceptors (Lipinski definition) is 4. The number of nitrogens with zero attached hydrogens (tertiary/aromatic N) is 2. The van der Waals surface area contributed by atoms with Gasteiger partial charge < -0.3 is 15.7 Å². The first-order valence-corrected chi connectivity index (χ1v) is 7.54. The molecule has 2 unspecified atom stereocenters. The van der Waals surface area contributed by atoms with Gasteiger partial charge in [0, 0.05) is 19.1 Å². The maximum atomic E-state index is 12.3. The average Bonchev–Trinajstić information content (AvgIpc) is 2.48. The van der Waals surface area contributed by atoms with Crippen molar-refractivity contribution in [2.75, 3.05) is 32.8 Å². The maximum absolute atomic E-state index is 12.3. The Morgan fingerprint density at radius 2 is 1.95 bits per heavy atom. The summed E-state index contributed by atoms with van der Waals surface area (Å²) in [6.45, 7) is 2.48. The van der Waals surface area contributed by atoms with Crippen molar-refractivity contribution in [1.29, 1.82) is 0 Å². The molecule has 0 spiro atoms. The second kappa shape index (κ2) is 7.04. The molecular weight excluding hydrogens is 258 g/mol. The van der Waals surface area contributed by atoms with E-state index in [-0.39, 0.29) is 30.4 Å². The van der Waals surface area contributed by atoms with Gasteiger partial charge in [0.1, 0.15) is 0 Å². The predicted molar refractivity (Wildman–Crippen MR) is 74.8 cm³/mol. The molecule has 0 aromatic carbocycles. The highest BCUT2D eigenvalue weighted by atomic mass is 16.3. The number of piperidine rings is 2. The van der Waals surface area contributed by atoms with Crippen LogP contribution < -0.4 is 5.73 Å². The maximum Gasteiger partial charge on any atom is 0.236 e. The van der Waals surface area contributed by atoms with Crippen molar-refractivity contribution in [3.8, 4) is 0 Å². The van der Waals surface area contributed by atoms with Gasteiger partial charge in [0.05, 0.1) is 19.1 Å². The molecule has 0 saturated carbocycles. The molecule has 2 heterocycles. The molecule has 6 heteroatoms. The van der Waals surface area contributed by atoms with Crippen LogP contribution in [0.4, 0.5) is 0 Å². The van der Waals surface area contributed by atoms with Crippen LogP contribution in [0.25, 0.3) is 0 Å². The zero-order valence-corrected chi connectivity index (χ0v) is 12.0. The van der Waals surface area contributed by atoms with Crippen LogP contribution in [0, 0.1) is 5.92 Å². The van der Waals surface area contributed by atoms with E-state index in [1.807, 2.05) is 0 Å². The lowest BCUT2D eigenvalue weighted by atomic mass is 9.97. The summed E-state index contributed by atoms with van der Waals surface area (Å²) >= 11 is 0. The Morgan fingerprint density at radius 3 is 2.65 bits per heavy atom. The van der Waals surface area contributed by atoms with Crippen molar-refractivity contribution in [1.82, 2.24) is 9.80 Å². The number of carbonyl (C=O) groups is 2. The highest BCUT2D eigenvalue weighted by Crippen LogP contribution is 2.19. The summed E-state index contributed by atoms with van der Waals surface area (Å²) in [4.78, 5) is 27.4. The predicted octanol–water partition coefficient (Wildman–Crippen LogP) is -0.443. The Bertz CT molecular complexity index is 362. The average molecular weight is 283 g/mol. The third kappa shape index (κ3) is 3.70. The second-order valence-corrected chi connectivity index (χ2v) is 5.88. The minimum Gasteiger partial charge on any atom is -0.395 e. The van der Waals surface area contributed by atoms with Crippen LogP contribution in [-0.2, 0) is 9.59 Å². The fraction of sp³-hybridized carbons (Fsp3) is 0.857. The molecule has 2 aliphatic heterocycles. The zero-order valence-electron chi connectivity index (χ0n) is 12.0. The van der Waals surface area contributed by atoms with E-state index in [0.29, 0.717) is 19.6 Å². The summed E-state index contributed by atoms with van der Waals surface area (Å²) in [5, 5.41) is 9.37. The number of nitrogens with two attached hydrogens (primary N) is 1. The molecular formula is C14H25N3O3. The van der Waals surface area contributed by atoms with Gasteiger partial charge in [0.15, 0.2) is 0 Å². The van der Waals surface area contributed by atoms with Crippen LogP contribution in [0.2, 0.25) is 0 Å². The molecule has 2 atom stereocenters. The lowest BCUT2D eigenvalue weighted by Gasteiger charge is -2.37. The molecule has 0 aliphatic carbocycles. The van der Waals surface area contributed by atoms with Gasteiger partial charge >= 0.3 is 0 Å². The molecule has 3 N–H and O–H groups in total. The number of primary amides is 1. The minimum absolute atomic E-state index is 0.0521. The Morgan fingerprint density at radius 1 is 1.15 bits per heavy atom. The lowest BCUT2D eigenvalue weighted by molar-refractivity contribution is -0.137. The lowest BCUT2D eigenvalue weighted by Crippen LogP contribution is -2.51. The van der Waals surface area contributed by atoms with E-state index in [1.54, 1.807) is 4.90 Å². The van der Waals surface area contributed by atoms with Gasteiger partial charge in [-0.25, -0.2) is 0 Å².